The average Bonchev–Trinajstić information content (AvgIpc) is 3.04. The van der Waals surface area contributed by atoms with Crippen LogP contribution in [0.3, 0.4) is 0 Å². The van der Waals surface area contributed by atoms with Gasteiger partial charge in [-0.05, 0) is 51.3 Å². The molecule has 0 amide bonds. The van der Waals surface area contributed by atoms with Crippen molar-refractivity contribution in [3.63, 3.8) is 0 Å². The van der Waals surface area contributed by atoms with Crippen molar-refractivity contribution in [2.24, 2.45) is 0 Å². The standard InChI is InChI=1S/C22H20F5N5O3S/c1-21(2,22(25,26)27)31-36(33,34)14-6-7-17(29-11-14)18-16(9-28)15-8-13(35-20(23)24)10-30-19(15)32(18)12-4-3-5-12/h6-8,10-12,20,31H,3-5H2,1-2H3. The lowest BCUT2D eigenvalue weighted by Gasteiger charge is -2.29. The van der Waals surface area contributed by atoms with Crippen LogP contribution in [0, 0.1) is 11.3 Å². The molecule has 0 spiro atoms. The minimum absolute atomic E-state index is 0.0570. The number of aromatic nitrogens is 3. The van der Waals surface area contributed by atoms with E-state index in [9.17, 15) is 35.6 Å². The van der Waals surface area contributed by atoms with Gasteiger partial charge in [0.25, 0.3) is 0 Å². The van der Waals surface area contributed by atoms with Crippen LogP contribution in [0.15, 0.2) is 35.5 Å². The summed E-state index contributed by atoms with van der Waals surface area (Å²) in [4.78, 5) is 7.86. The molecule has 36 heavy (non-hydrogen) atoms. The number of nitriles is 1. The Morgan fingerprint density at radius 2 is 1.89 bits per heavy atom. The largest absolute Gasteiger partial charge is 0.433 e. The van der Waals surface area contributed by atoms with E-state index < -0.39 is 33.2 Å². The third-order valence-corrected chi connectivity index (χ3v) is 7.62. The Morgan fingerprint density at radius 1 is 1.19 bits per heavy atom. The molecular weight excluding hydrogens is 509 g/mol. The van der Waals surface area contributed by atoms with E-state index in [0.717, 1.165) is 37.7 Å². The van der Waals surface area contributed by atoms with Crippen molar-refractivity contribution in [1.29, 1.82) is 5.26 Å². The summed E-state index contributed by atoms with van der Waals surface area (Å²) in [6, 6.07) is 5.61. The highest BCUT2D eigenvalue weighted by Crippen LogP contribution is 2.42. The van der Waals surface area contributed by atoms with Crippen molar-refractivity contribution in [2.45, 2.75) is 62.4 Å². The molecule has 192 valence electrons. The molecule has 1 aliphatic rings. The molecule has 1 aliphatic carbocycles. The van der Waals surface area contributed by atoms with Crippen LogP contribution in [0.4, 0.5) is 22.0 Å². The molecule has 0 radical (unpaired) electrons. The summed E-state index contributed by atoms with van der Waals surface area (Å²) in [6.07, 6.45) is -0.371. The Kier molecular flexibility index (Phi) is 6.42. The van der Waals surface area contributed by atoms with Gasteiger partial charge in [0.05, 0.1) is 23.1 Å². The molecule has 0 bridgehead atoms. The van der Waals surface area contributed by atoms with Gasteiger partial charge < -0.3 is 9.30 Å². The Morgan fingerprint density at radius 3 is 2.39 bits per heavy atom. The maximum absolute atomic E-state index is 13.2. The third kappa shape index (κ3) is 4.60. The topological polar surface area (TPSA) is 110 Å². The molecule has 8 nitrogen and oxygen atoms in total. The number of pyridine rings is 2. The van der Waals surface area contributed by atoms with Crippen LogP contribution in [0.25, 0.3) is 22.4 Å². The maximum Gasteiger partial charge on any atom is 0.407 e. The highest BCUT2D eigenvalue weighted by atomic mass is 32.2. The van der Waals surface area contributed by atoms with Gasteiger partial charge in [0, 0.05) is 17.6 Å². The molecule has 0 unspecified atom stereocenters. The SMILES string of the molecule is CC(C)(NS(=O)(=O)c1ccc(-c2c(C#N)c3cc(OC(F)F)cnc3n2C2CCC2)nc1)C(F)(F)F. The first-order chi connectivity index (χ1) is 16.7. The summed E-state index contributed by atoms with van der Waals surface area (Å²) in [7, 11) is -4.58. The lowest BCUT2D eigenvalue weighted by Crippen LogP contribution is -2.54. The molecule has 3 aromatic heterocycles. The molecule has 14 heteroatoms. The molecule has 0 aromatic carbocycles. The monoisotopic (exact) mass is 529 g/mol. The highest BCUT2D eigenvalue weighted by Gasteiger charge is 2.49. The number of hydrogen-bond acceptors (Lipinski definition) is 6. The summed E-state index contributed by atoms with van der Waals surface area (Å²) >= 11 is 0. The predicted molar refractivity (Wildman–Crippen MR) is 118 cm³/mol. The molecule has 4 rings (SSSR count). The minimum atomic E-state index is -4.83. The Bertz CT molecular complexity index is 1440. The smallest absolute Gasteiger partial charge is 0.407 e. The van der Waals surface area contributed by atoms with Crippen LogP contribution < -0.4 is 9.46 Å². The number of alkyl halides is 5. The number of sulfonamides is 1. The van der Waals surface area contributed by atoms with Gasteiger partial charge in [-0.15, -0.1) is 0 Å². The van der Waals surface area contributed by atoms with Crippen LogP contribution in [0.5, 0.6) is 5.75 Å². The second-order valence-corrected chi connectivity index (χ2v) is 10.5. The van der Waals surface area contributed by atoms with Crippen LogP contribution in [0.1, 0.15) is 44.7 Å². The summed E-state index contributed by atoms with van der Waals surface area (Å²) in [5.41, 5.74) is -1.84. The van der Waals surface area contributed by atoms with Crippen molar-refractivity contribution in [1.82, 2.24) is 19.3 Å². The van der Waals surface area contributed by atoms with E-state index in [-0.39, 0.29) is 28.4 Å². The zero-order chi connectivity index (χ0) is 26.5. The van der Waals surface area contributed by atoms with Crippen LogP contribution in [-0.4, -0.2) is 41.3 Å². The van der Waals surface area contributed by atoms with Gasteiger partial charge in [-0.3, -0.25) is 4.98 Å². The van der Waals surface area contributed by atoms with E-state index in [2.05, 4.69) is 14.7 Å². The Hall–Kier alpha value is -3.31. The summed E-state index contributed by atoms with van der Waals surface area (Å²) in [6.45, 7) is -1.70. The van der Waals surface area contributed by atoms with E-state index >= 15 is 0 Å². The molecule has 0 aliphatic heterocycles. The van der Waals surface area contributed by atoms with Crippen molar-refractivity contribution in [2.75, 3.05) is 0 Å². The number of nitrogens with zero attached hydrogens (tertiary/aromatic N) is 4. The van der Waals surface area contributed by atoms with Gasteiger partial charge in [0.1, 0.15) is 27.9 Å². The fraction of sp³-hybridized carbons (Fsp3) is 0.409. The molecule has 1 N–H and O–H groups in total. The maximum atomic E-state index is 13.2. The van der Waals surface area contributed by atoms with Crippen LogP contribution in [0.2, 0.25) is 0 Å². The summed E-state index contributed by atoms with van der Waals surface area (Å²) in [5.74, 6) is -0.237. The van der Waals surface area contributed by atoms with Crippen molar-refractivity contribution < 1.29 is 35.1 Å². The molecule has 1 fully saturated rings. The second kappa shape index (κ2) is 8.97. The summed E-state index contributed by atoms with van der Waals surface area (Å²) in [5, 5.41) is 10.2. The second-order valence-electron chi connectivity index (χ2n) is 8.82. The summed E-state index contributed by atoms with van der Waals surface area (Å²) < 4.78 is 97.9. The predicted octanol–water partition coefficient (Wildman–Crippen LogP) is 4.92. The van der Waals surface area contributed by atoms with Crippen molar-refractivity contribution >= 4 is 21.1 Å². The van der Waals surface area contributed by atoms with E-state index in [4.69, 9.17) is 0 Å². The van der Waals surface area contributed by atoms with Gasteiger partial charge in [-0.25, -0.2) is 13.4 Å². The van der Waals surface area contributed by atoms with E-state index in [1.807, 2.05) is 6.07 Å². The number of fused-ring (bicyclic) bond motifs is 1. The Balaban J connectivity index is 1.80. The minimum Gasteiger partial charge on any atom is -0.433 e. The van der Waals surface area contributed by atoms with E-state index in [1.54, 1.807) is 9.29 Å². The van der Waals surface area contributed by atoms with Gasteiger partial charge in [-0.2, -0.15) is 31.9 Å². The zero-order valence-electron chi connectivity index (χ0n) is 19.0. The Labute approximate surface area is 202 Å². The van der Waals surface area contributed by atoms with Crippen molar-refractivity contribution in [3.05, 3.63) is 36.2 Å². The van der Waals surface area contributed by atoms with Gasteiger partial charge in [0.15, 0.2) is 0 Å². The number of ether oxygens (including phenoxy) is 1. The number of hydrogen-bond donors (Lipinski definition) is 1. The van der Waals surface area contributed by atoms with Gasteiger partial charge in [-0.1, -0.05) is 0 Å². The normalized spacial score (nSPS) is 15.2. The van der Waals surface area contributed by atoms with Crippen molar-refractivity contribution in [3.8, 4) is 23.2 Å². The number of halogens is 5. The lowest BCUT2D eigenvalue weighted by molar-refractivity contribution is -0.180. The fourth-order valence-corrected chi connectivity index (χ4v) is 5.18. The van der Waals surface area contributed by atoms with Gasteiger partial charge in [0.2, 0.25) is 10.0 Å². The molecule has 1 saturated carbocycles. The first kappa shape index (κ1) is 25.8. The fourth-order valence-electron chi connectivity index (χ4n) is 3.83. The number of nitrogens with one attached hydrogen (secondary N) is 1. The van der Waals surface area contributed by atoms with Crippen LogP contribution in [-0.2, 0) is 10.0 Å². The molecule has 0 atom stereocenters. The molecule has 0 saturated heterocycles. The zero-order valence-corrected chi connectivity index (χ0v) is 19.8. The quantitative estimate of drug-likeness (QED) is 0.436. The van der Waals surface area contributed by atoms with Gasteiger partial charge >= 0.3 is 12.8 Å². The number of rotatable bonds is 7. The average molecular weight is 529 g/mol. The first-order valence-corrected chi connectivity index (χ1v) is 12.2. The van der Waals surface area contributed by atoms with E-state index in [1.165, 1.54) is 12.1 Å². The molecular formula is C22H20F5N5O3S. The third-order valence-electron chi connectivity index (χ3n) is 5.98. The highest BCUT2D eigenvalue weighted by molar-refractivity contribution is 7.89. The van der Waals surface area contributed by atoms with Crippen LogP contribution >= 0.6 is 0 Å². The molecule has 3 heterocycles. The first-order valence-electron chi connectivity index (χ1n) is 10.7. The van der Waals surface area contributed by atoms with E-state index in [0.29, 0.717) is 25.2 Å². The lowest BCUT2D eigenvalue weighted by atomic mass is 9.92. The molecule has 3 aromatic rings.